The summed E-state index contributed by atoms with van der Waals surface area (Å²) in [5.74, 6) is 2.42. The molecule has 2 aliphatic rings. The number of rotatable bonds is 2. The molecule has 3 heterocycles. The summed E-state index contributed by atoms with van der Waals surface area (Å²) < 4.78 is 5.46. The first-order valence-corrected chi connectivity index (χ1v) is 7.17. The van der Waals surface area contributed by atoms with Crippen molar-refractivity contribution in [2.24, 2.45) is 5.92 Å². The van der Waals surface area contributed by atoms with Gasteiger partial charge in [0.05, 0.1) is 12.8 Å². The molecule has 0 aliphatic carbocycles. The number of hydrogen-bond acceptors (Lipinski definition) is 5. The van der Waals surface area contributed by atoms with Gasteiger partial charge >= 0.3 is 0 Å². The zero-order valence-electron chi connectivity index (χ0n) is 11.8. The van der Waals surface area contributed by atoms with Crippen molar-refractivity contribution in [3.63, 3.8) is 0 Å². The van der Waals surface area contributed by atoms with Crippen LogP contribution in [0.2, 0.25) is 0 Å². The Labute approximate surface area is 114 Å². The third-order valence-electron chi connectivity index (χ3n) is 4.15. The third-order valence-corrected chi connectivity index (χ3v) is 4.15. The topological polar surface area (TPSA) is 50.3 Å². The number of fused-ring (bicyclic) bond motifs is 1. The van der Waals surface area contributed by atoms with Crippen molar-refractivity contribution in [2.45, 2.75) is 32.7 Å². The highest BCUT2D eigenvalue weighted by molar-refractivity contribution is 5.41. The number of hydrogen-bond donors (Lipinski definition) is 1. The zero-order valence-corrected chi connectivity index (χ0v) is 11.8. The molecule has 104 valence electrons. The Morgan fingerprint density at radius 2 is 2.05 bits per heavy atom. The summed E-state index contributed by atoms with van der Waals surface area (Å²) in [6, 6.07) is 0. The summed E-state index contributed by atoms with van der Waals surface area (Å²) in [5.41, 5.74) is 2.28. The zero-order chi connectivity index (χ0) is 13.2. The Morgan fingerprint density at radius 1 is 1.26 bits per heavy atom. The summed E-state index contributed by atoms with van der Waals surface area (Å²) in [5, 5.41) is 3.37. The van der Waals surface area contributed by atoms with E-state index in [1.165, 1.54) is 18.4 Å². The quantitative estimate of drug-likeness (QED) is 0.872. The predicted octanol–water partition coefficient (Wildman–Crippen LogP) is 1.37. The van der Waals surface area contributed by atoms with Gasteiger partial charge in [0, 0.05) is 25.2 Å². The number of anilines is 1. The van der Waals surface area contributed by atoms with Crippen LogP contribution in [-0.2, 0) is 13.0 Å². The van der Waals surface area contributed by atoms with Gasteiger partial charge in [0.25, 0.3) is 0 Å². The molecule has 0 aromatic carbocycles. The fourth-order valence-electron chi connectivity index (χ4n) is 2.83. The summed E-state index contributed by atoms with van der Waals surface area (Å²) in [7, 11) is 1.70. The molecule has 0 atom stereocenters. The molecule has 1 aromatic heterocycles. The molecule has 1 fully saturated rings. The van der Waals surface area contributed by atoms with Crippen LogP contribution >= 0.6 is 0 Å². The first kappa shape index (κ1) is 12.7. The van der Waals surface area contributed by atoms with Crippen molar-refractivity contribution < 1.29 is 4.74 Å². The predicted molar refractivity (Wildman–Crippen MR) is 74.6 cm³/mol. The van der Waals surface area contributed by atoms with E-state index in [2.05, 4.69) is 22.1 Å². The standard InChI is InChI=1S/C14H22N4O/c1-10-4-7-18(8-5-10)14-16-12-9-15-6-3-11(12)13(17-14)19-2/h10,15H,3-9H2,1-2H3. The van der Waals surface area contributed by atoms with Gasteiger partial charge in [-0.3, -0.25) is 0 Å². The second-order valence-electron chi connectivity index (χ2n) is 5.55. The molecule has 0 amide bonds. The lowest BCUT2D eigenvalue weighted by Gasteiger charge is -2.31. The second-order valence-corrected chi connectivity index (χ2v) is 5.55. The summed E-state index contributed by atoms with van der Waals surface area (Å²) in [4.78, 5) is 11.7. The van der Waals surface area contributed by atoms with Crippen molar-refractivity contribution in [2.75, 3.05) is 31.6 Å². The summed E-state index contributed by atoms with van der Waals surface area (Å²) in [6.07, 6.45) is 3.40. The van der Waals surface area contributed by atoms with E-state index in [1.54, 1.807) is 7.11 Å². The van der Waals surface area contributed by atoms with Crippen LogP contribution in [0.3, 0.4) is 0 Å². The molecule has 5 nitrogen and oxygen atoms in total. The summed E-state index contributed by atoms with van der Waals surface area (Å²) >= 11 is 0. The average molecular weight is 262 g/mol. The van der Waals surface area contributed by atoms with Crippen molar-refractivity contribution in [1.82, 2.24) is 15.3 Å². The smallest absolute Gasteiger partial charge is 0.228 e. The highest BCUT2D eigenvalue weighted by atomic mass is 16.5. The van der Waals surface area contributed by atoms with E-state index in [0.717, 1.165) is 56.0 Å². The number of methoxy groups -OCH3 is 1. The molecule has 2 aliphatic heterocycles. The average Bonchev–Trinajstić information content (AvgIpc) is 2.47. The normalized spacial score (nSPS) is 20.2. The first-order valence-electron chi connectivity index (χ1n) is 7.17. The molecule has 0 spiro atoms. The third kappa shape index (κ3) is 2.52. The largest absolute Gasteiger partial charge is 0.481 e. The lowest BCUT2D eigenvalue weighted by molar-refractivity contribution is 0.383. The number of ether oxygens (including phenoxy) is 1. The van der Waals surface area contributed by atoms with E-state index in [9.17, 15) is 0 Å². The van der Waals surface area contributed by atoms with Gasteiger partial charge in [0.15, 0.2) is 0 Å². The minimum absolute atomic E-state index is 0.764. The van der Waals surface area contributed by atoms with Crippen LogP contribution in [0, 0.1) is 5.92 Å². The molecule has 3 rings (SSSR count). The minimum Gasteiger partial charge on any atom is -0.481 e. The molecule has 1 aromatic rings. The minimum atomic E-state index is 0.764. The number of piperidine rings is 1. The van der Waals surface area contributed by atoms with Gasteiger partial charge in [-0.1, -0.05) is 6.92 Å². The molecular weight excluding hydrogens is 240 g/mol. The Kier molecular flexibility index (Phi) is 3.55. The van der Waals surface area contributed by atoms with Gasteiger partial charge < -0.3 is 15.0 Å². The van der Waals surface area contributed by atoms with Crippen LogP contribution in [0.15, 0.2) is 0 Å². The number of aromatic nitrogens is 2. The second kappa shape index (κ2) is 5.33. The fraction of sp³-hybridized carbons (Fsp3) is 0.714. The van der Waals surface area contributed by atoms with Crippen LogP contribution in [0.1, 0.15) is 31.0 Å². The van der Waals surface area contributed by atoms with E-state index in [1.807, 2.05) is 0 Å². The SMILES string of the molecule is COc1nc(N2CCC(C)CC2)nc2c1CCNC2. The highest BCUT2D eigenvalue weighted by Gasteiger charge is 2.23. The molecule has 5 heteroatoms. The van der Waals surface area contributed by atoms with Crippen LogP contribution in [-0.4, -0.2) is 36.7 Å². The van der Waals surface area contributed by atoms with Crippen LogP contribution < -0.4 is 15.0 Å². The van der Waals surface area contributed by atoms with Gasteiger partial charge in [-0.2, -0.15) is 4.98 Å². The van der Waals surface area contributed by atoms with Gasteiger partial charge in [-0.05, 0) is 31.7 Å². The van der Waals surface area contributed by atoms with Crippen molar-refractivity contribution in [3.8, 4) is 5.88 Å². The van der Waals surface area contributed by atoms with Gasteiger partial charge in [-0.15, -0.1) is 0 Å². The van der Waals surface area contributed by atoms with Crippen molar-refractivity contribution in [3.05, 3.63) is 11.3 Å². The molecule has 1 saturated heterocycles. The molecule has 0 radical (unpaired) electrons. The Morgan fingerprint density at radius 3 is 2.79 bits per heavy atom. The molecule has 0 saturated carbocycles. The van der Waals surface area contributed by atoms with E-state index in [0.29, 0.717) is 0 Å². The molecule has 0 bridgehead atoms. The van der Waals surface area contributed by atoms with E-state index >= 15 is 0 Å². The van der Waals surface area contributed by atoms with Crippen molar-refractivity contribution >= 4 is 5.95 Å². The van der Waals surface area contributed by atoms with Gasteiger partial charge in [-0.25, -0.2) is 4.98 Å². The molecule has 1 N–H and O–H groups in total. The Hall–Kier alpha value is -1.36. The maximum absolute atomic E-state index is 5.46. The van der Waals surface area contributed by atoms with Gasteiger partial charge in [0.2, 0.25) is 11.8 Å². The summed E-state index contributed by atoms with van der Waals surface area (Å²) in [6.45, 7) is 6.22. The molecule has 0 unspecified atom stereocenters. The Bertz CT molecular complexity index is 438. The number of nitrogens with zero attached hydrogens (tertiary/aromatic N) is 3. The molecule has 19 heavy (non-hydrogen) atoms. The lowest BCUT2D eigenvalue weighted by atomic mass is 9.99. The van der Waals surface area contributed by atoms with Crippen molar-refractivity contribution in [1.29, 1.82) is 0 Å². The maximum Gasteiger partial charge on any atom is 0.228 e. The fourth-order valence-corrected chi connectivity index (χ4v) is 2.83. The van der Waals surface area contributed by atoms with Crippen LogP contribution in [0.4, 0.5) is 5.95 Å². The van der Waals surface area contributed by atoms with Gasteiger partial charge in [0.1, 0.15) is 0 Å². The van der Waals surface area contributed by atoms with E-state index < -0.39 is 0 Å². The maximum atomic E-state index is 5.46. The van der Waals surface area contributed by atoms with Crippen LogP contribution in [0.5, 0.6) is 5.88 Å². The lowest BCUT2D eigenvalue weighted by Crippen LogP contribution is -2.35. The Balaban J connectivity index is 1.89. The molecular formula is C14H22N4O. The highest BCUT2D eigenvalue weighted by Crippen LogP contribution is 2.27. The van der Waals surface area contributed by atoms with E-state index in [4.69, 9.17) is 9.72 Å². The first-order chi connectivity index (χ1) is 9.28. The number of nitrogens with one attached hydrogen (secondary N) is 1. The van der Waals surface area contributed by atoms with E-state index in [-0.39, 0.29) is 0 Å². The monoisotopic (exact) mass is 262 g/mol. The van der Waals surface area contributed by atoms with Crippen LogP contribution in [0.25, 0.3) is 0 Å².